The van der Waals surface area contributed by atoms with Gasteiger partial charge in [0.2, 0.25) is 5.91 Å². The van der Waals surface area contributed by atoms with Crippen molar-refractivity contribution in [2.24, 2.45) is 11.3 Å². The first kappa shape index (κ1) is 27.4. The predicted octanol–water partition coefficient (Wildman–Crippen LogP) is 3.62. The number of imidazole rings is 1. The van der Waals surface area contributed by atoms with E-state index in [0.29, 0.717) is 55.3 Å². The van der Waals surface area contributed by atoms with Crippen molar-refractivity contribution in [2.45, 2.75) is 64.4 Å². The number of likely N-dealkylation sites (tertiary alicyclic amines) is 1. The fraction of sp³-hybridized carbons (Fsp3) is 0.577. The van der Waals surface area contributed by atoms with Crippen molar-refractivity contribution in [1.82, 2.24) is 29.7 Å². The molecule has 2 aromatic rings. The van der Waals surface area contributed by atoms with Gasteiger partial charge in [-0.3, -0.25) is 14.3 Å². The lowest BCUT2D eigenvalue weighted by Crippen LogP contribution is -2.50. The number of carbonyl (C=O) groups excluding carboxylic acids is 2. The zero-order valence-corrected chi connectivity index (χ0v) is 22.8. The highest BCUT2D eigenvalue weighted by Crippen LogP contribution is 2.50. The van der Waals surface area contributed by atoms with Crippen LogP contribution in [0.5, 0.6) is 0 Å². The molecule has 39 heavy (non-hydrogen) atoms. The molecule has 1 N–H and O–H groups in total. The predicted molar refractivity (Wildman–Crippen MR) is 138 cm³/mol. The number of hydrogen-bond donors (Lipinski definition) is 1. The van der Waals surface area contributed by atoms with Gasteiger partial charge < -0.3 is 19.9 Å². The number of rotatable bonds is 2. The average molecular weight is 565 g/mol. The number of fused-ring (bicyclic) bond motifs is 2. The van der Waals surface area contributed by atoms with E-state index in [1.54, 1.807) is 49.0 Å². The Labute approximate surface area is 229 Å². The van der Waals surface area contributed by atoms with Gasteiger partial charge in [-0.25, -0.2) is 9.78 Å². The van der Waals surface area contributed by atoms with Gasteiger partial charge in [0.05, 0.1) is 11.0 Å². The topological polar surface area (TPSA) is 92.6 Å². The summed E-state index contributed by atoms with van der Waals surface area (Å²) in [5, 5.41) is 3.45. The molecule has 2 fully saturated rings. The minimum Gasteiger partial charge on any atom is -0.444 e. The van der Waals surface area contributed by atoms with E-state index in [4.69, 9.17) is 17.0 Å². The smallest absolute Gasteiger partial charge is 0.417 e. The molecule has 0 bridgehead atoms. The summed E-state index contributed by atoms with van der Waals surface area (Å²) in [5.74, 6) is -0.257. The molecular weight excluding hydrogens is 533 g/mol. The zero-order valence-electron chi connectivity index (χ0n) is 22.0. The minimum absolute atomic E-state index is 0.0513. The Morgan fingerprint density at radius 2 is 2.00 bits per heavy atom. The number of alkyl halides is 3. The fourth-order valence-corrected chi connectivity index (χ4v) is 6.28. The summed E-state index contributed by atoms with van der Waals surface area (Å²) in [6, 6.07) is 0.807. The third-order valence-corrected chi connectivity index (χ3v) is 8.14. The molecule has 2 aliphatic heterocycles. The second-order valence-corrected chi connectivity index (χ2v) is 11.9. The van der Waals surface area contributed by atoms with Crippen LogP contribution in [0.1, 0.15) is 50.4 Å². The second-order valence-electron chi connectivity index (χ2n) is 11.6. The maximum atomic E-state index is 14.3. The van der Waals surface area contributed by atoms with Crippen LogP contribution in [-0.4, -0.2) is 72.7 Å². The molecular formula is C26H31F3N6O3S. The number of alkyl carbamates (subject to hydrolysis) is 1. The molecule has 0 radical (unpaired) electrons. The third-order valence-electron chi connectivity index (χ3n) is 7.67. The maximum Gasteiger partial charge on any atom is 0.417 e. The second kappa shape index (κ2) is 9.76. The van der Waals surface area contributed by atoms with Crippen LogP contribution in [0.25, 0.3) is 0 Å². The molecule has 1 aliphatic carbocycles. The lowest BCUT2D eigenvalue weighted by molar-refractivity contribution is -0.143. The van der Waals surface area contributed by atoms with Crippen molar-refractivity contribution >= 4 is 29.3 Å². The van der Waals surface area contributed by atoms with Gasteiger partial charge in [0, 0.05) is 62.9 Å². The molecule has 0 spiro atoms. The molecule has 9 nitrogen and oxygen atoms in total. The van der Waals surface area contributed by atoms with Crippen LogP contribution in [0.4, 0.5) is 18.0 Å². The highest BCUT2D eigenvalue weighted by atomic mass is 32.1. The van der Waals surface area contributed by atoms with Crippen LogP contribution in [0.2, 0.25) is 0 Å². The molecule has 0 unspecified atom stereocenters. The number of amides is 2. The number of aromatic nitrogens is 3. The number of pyridine rings is 1. The summed E-state index contributed by atoms with van der Waals surface area (Å²) in [6.45, 7) is 6.60. The Bertz CT molecular complexity index is 1280. The highest BCUT2D eigenvalue weighted by molar-refractivity contribution is 7.80. The molecule has 4 heterocycles. The zero-order chi connectivity index (χ0) is 28.2. The summed E-state index contributed by atoms with van der Waals surface area (Å²) in [7, 11) is 0. The molecule has 210 valence electrons. The molecule has 0 aromatic carbocycles. The van der Waals surface area contributed by atoms with Crippen molar-refractivity contribution in [1.29, 1.82) is 0 Å². The number of hydrogen-bond acceptors (Lipinski definition) is 6. The van der Waals surface area contributed by atoms with Gasteiger partial charge in [0.1, 0.15) is 11.9 Å². The van der Waals surface area contributed by atoms with E-state index in [-0.39, 0.29) is 24.4 Å². The Morgan fingerprint density at radius 3 is 2.67 bits per heavy atom. The van der Waals surface area contributed by atoms with Crippen LogP contribution in [0.15, 0.2) is 31.0 Å². The van der Waals surface area contributed by atoms with E-state index in [2.05, 4.69) is 15.3 Å². The van der Waals surface area contributed by atoms with Crippen LogP contribution < -0.4 is 5.32 Å². The molecule has 1 saturated carbocycles. The molecule has 1 saturated heterocycles. The number of nitrogens with one attached hydrogen (secondary N) is 1. The van der Waals surface area contributed by atoms with Crippen molar-refractivity contribution < 1.29 is 27.5 Å². The number of carbonyl (C=O) groups is 2. The van der Waals surface area contributed by atoms with E-state index >= 15 is 0 Å². The average Bonchev–Trinajstić information content (AvgIpc) is 3.56. The first-order valence-electron chi connectivity index (χ1n) is 12.9. The normalized spacial score (nSPS) is 24.8. The van der Waals surface area contributed by atoms with Crippen LogP contribution in [0, 0.1) is 11.3 Å². The lowest BCUT2D eigenvalue weighted by atomic mass is 9.78. The molecule has 3 aliphatic rings. The van der Waals surface area contributed by atoms with Gasteiger partial charge in [-0.1, -0.05) is 0 Å². The van der Waals surface area contributed by atoms with Crippen molar-refractivity contribution in [2.75, 3.05) is 19.6 Å². The Hall–Kier alpha value is -3.22. The molecule has 13 heteroatoms. The molecule has 2 aromatic heterocycles. The largest absolute Gasteiger partial charge is 0.444 e. The van der Waals surface area contributed by atoms with Crippen molar-refractivity contribution in [3.63, 3.8) is 0 Å². The Kier molecular flexibility index (Phi) is 6.84. The summed E-state index contributed by atoms with van der Waals surface area (Å²) in [4.78, 5) is 38.5. The first-order valence-corrected chi connectivity index (χ1v) is 13.3. The van der Waals surface area contributed by atoms with E-state index < -0.39 is 28.8 Å². The monoisotopic (exact) mass is 564 g/mol. The SMILES string of the molecule is CC(C)(C)OC(=O)N[C@@H]1C[C@H]2CN(C(=S)n3ccnc3)C[C@@]2(C(=O)N2CCc3ncc(C(F)(F)F)cc3C2)C1. The molecule has 2 amide bonds. The Balaban J connectivity index is 1.39. The van der Waals surface area contributed by atoms with Gasteiger partial charge in [0.15, 0.2) is 5.11 Å². The molecule has 5 rings (SSSR count). The summed E-state index contributed by atoms with van der Waals surface area (Å²) >= 11 is 5.68. The number of thiocarbonyl (C=S) groups is 1. The number of halogens is 3. The van der Waals surface area contributed by atoms with E-state index in [1.807, 2.05) is 4.90 Å². The Morgan fingerprint density at radius 1 is 1.23 bits per heavy atom. The van der Waals surface area contributed by atoms with Gasteiger partial charge in [0.25, 0.3) is 0 Å². The maximum absolute atomic E-state index is 14.3. The number of nitrogens with zero attached hydrogens (tertiary/aromatic N) is 5. The van der Waals surface area contributed by atoms with Gasteiger partial charge in [-0.15, -0.1) is 0 Å². The van der Waals surface area contributed by atoms with Crippen molar-refractivity contribution in [3.05, 3.63) is 47.8 Å². The van der Waals surface area contributed by atoms with Crippen LogP contribution >= 0.6 is 12.2 Å². The van der Waals surface area contributed by atoms with Crippen LogP contribution in [-0.2, 0) is 28.7 Å². The third kappa shape index (κ3) is 5.45. The quantitative estimate of drug-likeness (QED) is 0.557. The van der Waals surface area contributed by atoms with E-state index in [9.17, 15) is 22.8 Å². The minimum atomic E-state index is -4.51. The van der Waals surface area contributed by atoms with Gasteiger partial charge in [-0.2, -0.15) is 13.2 Å². The van der Waals surface area contributed by atoms with E-state index in [1.165, 1.54) is 0 Å². The summed E-state index contributed by atoms with van der Waals surface area (Å²) in [6.07, 6.45) is 2.06. The fourth-order valence-electron chi connectivity index (χ4n) is 6.04. The van der Waals surface area contributed by atoms with Gasteiger partial charge in [-0.05, 0) is 63.4 Å². The van der Waals surface area contributed by atoms with Crippen molar-refractivity contribution in [3.8, 4) is 0 Å². The first-order chi connectivity index (χ1) is 18.2. The summed E-state index contributed by atoms with van der Waals surface area (Å²) in [5.41, 5.74) is -1.37. The highest BCUT2D eigenvalue weighted by Gasteiger charge is 2.59. The standard InChI is InChI=1S/C26H31F3N6O3S/c1-24(2,3)38-22(37)32-19-9-18-13-35(23(39)34-7-5-30-15-34)14-25(18,10-19)21(36)33-6-4-20-16(12-33)8-17(11-31-20)26(27,28)29/h5,7-8,11,15,18-19H,4,6,9-10,12-14H2,1-3H3,(H,32,37)/t18-,19+,25-/m0/s1. The summed E-state index contributed by atoms with van der Waals surface area (Å²) < 4.78 is 47.1. The van der Waals surface area contributed by atoms with Crippen LogP contribution in [0.3, 0.4) is 0 Å². The molecule has 3 atom stereocenters. The lowest BCUT2D eigenvalue weighted by Gasteiger charge is -2.37. The van der Waals surface area contributed by atoms with Gasteiger partial charge >= 0.3 is 12.3 Å². The number of ether oxygens (including phenoxy) is 1. The van der Waals surface area contributed by atoms with E-state index in [0.717, 1.165) is 12.3 Å².